The lowest BCUT2D eigenvalue weighted by Crippen LogP contribution is -1.84. The van der Waals surface area contributed by atoms with Crippen LogP contribution in [0, 0.1) is 0 Å². The zero-order chi connectivity index (χ0) is 23.7. The van der Waals surface area contributed by atoms with Gasteiger partial charge >= 0.3 is 0 Å². The van der Waals surface area contributed by atoms with Gasteiger partial charge in [-0.05, 0) is 74.6 Å². The normalized spacial score (nSPS) is 9.68. The van der Waals surface area contributed by atoms with Gasteiger partial charge < -0.3 is 4.74 Å². The molecule has 0 aromatic heterocycles. The Balaban J connectivity index is 0. The molecule has 0 atom stereocenters. The van der Waals surface area contributed by atoms with Crippen molar-refractivity contribution in [2.24, 2.45) is 0 Å². The highest BCUT2D eigenvalue weighted by Crippen LogP contribution is 2.05. The van der Waals surface area contributed by atoms with Crippen LogP contribution < -0.4 is 0 Å². The molecule has 2 aromatic carbocycles. The maximum atomic E-state index is 4.83. The zero-order valence-corrected chi connectivity index (χ0v) is 21.8. The van der Waals surface area contributed by atoms with E-state index in [9.17, 15) is 0 Å². The summed E-state index contributed by atoms with van der Waals surface area (Å²) < 4.78 is 4.83. The third-order valence-electron chi connectivity index (χ3n) is 4.73. The fourth-order valence-corrected chi connectivity index (χ4v) is 2.56. The Morgan fingerprint density at radius 2 is 0.677 bits per heavy atom. The monoisotopic (exact) mass is 426 g/mol. The van der Waals surface area contributed by atoms with E-state index in [4.69, 9.17) is 4.74 Å². The van der Waals surface area contributed by atoms with E-state index < -0.39 is 0 Å². The van der Waals surface area contributed by atoms with Crippen LogP contribution in [-0.2, 0) is 30.4 Å². The number of benzene rings is 2. The van der Waals surface area contributed by atoms with Crippen LogP contribution in [0.15, 0.2) is 60.7 Å². The second-order valence-electron chi connectivity index (χ2n) is 7.12. The van der Waals surface area contributed by atoms with Gasteiger partial charge in [0.1, 0.15) is 0 Å². The lowest BCUT2D eigenvalue weighted by atomic mass is 10.1. The molecular formula is C30H50O. The van der Waals surface area contributed by atoms with Gasteiger partial charge in [-0.1, -0.05) is 102 Å². The number of rotatable bonds is 8. The van der Waals surface area contributed by atoms with Crippen molar-refractivity contribution in [2.45, 2.75) is 93.9 Å². The Morgan fingerprint density at radius 3 is 0.774 bits per heavy atom. The fraction of sp³-hybridized carbons (Fsp3) is 0.533. The predicted octanol–water partition coefficient (Wildman–Crippen LogP) is 9.03. The van der Waals surface area contributed by atoms with Gasteiger partial charge in [0.25, 0.3) is 0 Å². The third-order valence-corrected chi connectivity index (χ3v) is 4.73. The molecule has 0 amide bonds. The van der Waals surface area contributed by atoms with Crippen LogP contribution in [0.4, 0.5) is 0 Å². The second kappa shape index (κ2) is 24.4. The van der Waals surface area contributed by atoms with Gasteiger partial charge in [-0.3, -0.25) is 0 Å². The van der Waals surface area contributed by atoms with Crippen molar-refractivity contribution in [3.05, 3.63) is 82.9 Å². The molecule has 0 aliphatic rings. The Morgan fingerprint density at radius 1 is 0.452 bits per heavy atom. The molecule has 0 aliphatic carbocycles. The SMILES string of the molecule is CCC=CCC.CCOCC.CCc1ccc(CC)cc1.CCc1ccc(CC)cc1. The van der Waals surface area contributed by atoms with Gasteiger partial charge in [0.05, 0.1) is 0 Å². The minimum absolute atomic E-state index is 0.844. The molecule has 0 fully saturated rings. The summed E-state index contributed by atoms with van der Waals surface area (Å²) in [5, 5.41) is 0. The minimum Gasteiger partial charge on any atom is -0.382 e. The largest absolute Gasteiger partial charge is 0.382 e. The lowest BCUT2D eigenvalue weighted by Gasteiger charge is -1.97. The summed E-state index contributed by atoms with van der Waals surface area (Å²) in [6, 6.07) is 17.7. The summed E-state index contributed by atoms with van der Waals surface area (Å²) in [5.74, 6) is 0. The average Bonchev–Trinajstić information content (AvgIpc) is 2.84. The first-order chi connectivity index (χ1) is 15.1. The van der Waals surface area contributed by atoms with E-state index in [0.717, 1.165) is 38.9 Å². The molecule has 2 aromatic rings. The fourth-order valence-electron chi connectivity index (χ4n) is 2.56. The summed E-state index contributed by atoms with van der Waals surface area (Å²) in [6.07, 6.45) is 11.3. The van der Waals surface area contributed by atoms with Crippen molar-refractivity contribution < 1.29 is 4.74 Å². The molecule has 0 N–H and O–H groups in total. The Hall–Kier alpha value is -1.86. The van der Waals surface area contributed by atoms with Gasteiger partial charge in [0, 0.05) is 13.2 Å². The van der Waals surface area contributed by atoms with E-state index in [1.54, 1.807) is 0 Å². The summed E-state index contributed by atoms with van der Waals surface area (Å²) in [5.41, 5.74) is 5.71. The molecule has 176 valence electrons. The van der Waals surface area contributed by atoms with Crippen molar-refractivity contribution in [3.63, 3.8) is 0 Å². The first-order valence-electron chi connectivity index (χ1n) is 12.4. The van der Waals surface area contributed by atoms with Crippen LogP contribution >= 0.6 is 0 Å². The second-order valence-corrected chi connectivity index (χ2v) is 7.12. The van der Waals surface area contributed by atoms with Gasteiger partial charge in [0.2, 0.25) is 0 Å². The number of allylic oxidation sites excluding steroid dienone is 2. The molecule has 31 heavy (non-hydrogen) atoms. The first kappa shape index (κ1) is 31.3. The molecule has 0 bridgehead atoms. The van der Waals surface area contributed by atoms with Crippen molar-refractivity contribution in [1.29, 1.82) is 0 Å². The van der Waals surface area contributed by atoms with Crippen LogP contribution in [0.5, 0.6) is 0 Å². The van der Waals surface area contributed by atoms with E-state index in [1.807, 2.05) is 13.8 Å². The van der Waals surface area contributed by atoms with Crippen molar-refractivity contribution in [3.8, 4) is 0 Å². The molecule has 1 nitrogen and oxygen atoms in total. The predicted molar refractivity (Wildman–Crippen MR) is 142 cm³/mol. The van der Waals surface area contributed by atoms with E-state index in [0.29, 0.717) is 0 Å². The summed E-state index contributed by atoms with van der Waals surface area (Å²) in [7, 11) is 0. The zero-order valence-electron chi connectivity index (χ0n) is 21.8. The highest BCUT2D eigenvalue weighted by Gasteiger charge is 1.89. The highest BCUT2D eigenvalue weighted by molar-refractivity contribution is 5.22. The molecule has 0 spiro atoms. The molecule has 0 radical (unpaired) electrons. The number of hydrogen-bond acceptors (Lipinski definition) is 1. The van der Waals surface area contributed by atoms with Crippen LogP contribution in [0.2, 0.25) is 0 Å². The van der Waals surface area contributed by atoms with Crippen LogP contribution in [-0.4, -0.2) is 13.2 Å². The van der Waals surface area contributed by atoms with Gasteiger partial charge in [-0.15, -0.1) is 0 Å². The maximum Gasteiger partial charge on any atom is 0.0437 e. The lowest BCUT2D eigenvalue weighted by molar-refractivity contribution is 0.162. The van der Waals surface area contributed by atoms with Crippen LogP contribution in [0.3, 0.4) is 0 Å². The topological polar surface area (TPSA) is 9.23 Å². The van der Waals surface area contributed by atoms with E-state index in [2.05, 4.69) is 102 Å². The molecule has 1 heteroatoms. The van der Waals surface area contributed by atoms with E-state index in [-0.39, 0.29) is 0 Å². The first-order valence-corrected chi connectivity index (χ1v) is 12.4. The number of hydrogen-bond donors (Lipinski definition) is 0. The summed E-state index contributed by atoms with van der Waals surface area (Å²) in [6.45, 7) is 18.7. The maximum absolute atomic E-state index is 4.83. The number of ether oxygens (including phenoxy) is 1. The number of aryl methyl sites for hydroxylation is 4. The molecule has 0 saturated heterocycles. The molecule has 2 rings (SSSR count). The smallest absolute Gasteiger partial charge is 0.0437 e. The molecular weight excluding hydrogens is 376 g/mol. The van der Waals surface area contributed by atoms with Crippen LogP contribution in [0.25, 0.3) is 0 Å². The molecule has 0 aliphatic heterocycles. The Labute approximate surface area is 194 Å². The van der Waals surface area contributed by atoms with E-state index >= 15 is 0 Å². The molecule has 0 unspecified atom stereocenters. The third kappa shape index (κ3) is 19.8. The highest BCUT2D eigenvalue weighted by atomic mass is 16.5. The Kier molecular flexibility index (Phi) is 24.7. The standard InChI is InChI=1S/2C10H14.C6H12.C4H10O/c2*1-3-9-5-7-10(4-2)8-6-9;1-3-5-6-4-2;1-3-5-4-2/h2*5-8H,3-4H2,1-2H3;5-6H,3-4H2,1-2H3;3-4H2,1-2H3. The average molecular weight is 427 g/mol. The van der Waals surface area contributed by atoms with E-state index in [1.165, 1.54) is 35.1 Å². The van der Waals surface area contributed by atoms with Crippen molar-refractivity contribution in [1.82, 2.24) is 0 Å². The summed E-state index contributed by atoms with van der Waals surface area (Å²) in [4.78, 5) is 0. The van der Waals surface area contributed by atoms with Gasteiger partial charge in [-0.2, -0.15) is 0 Å². The van der Waals surface area contributed by atoms with Gasteiger partial charge in [0.15, 0.2) is 0 Å². The molecule has 0 heterocycles. The minimum atomic E-state index is 0.844. The van der Waals surface area contributed by atoms with Gasteiger partial charge in [-0.25, -0.2) is 0 Å². The summed E-state index contributed by atoms with van der Waals surface area (Å²) >= 11 is 0. The van der Waals surface area contributed by atoms with Crippen LogP contribution in [0.1, 0.15) is 90.5 Å². The molecule has 0 saturated carbocycles. The van der Waals surface area contributed by atoms with Crippen molar-refractivity contribution in [2.75, 3.05) is 13.2 Å². The van der Waals surface area contributed by atoms with Crippen molar-refractivity contribution >= 4 is 0 Å². The quantitative estimate of drug-likeness (QED) is 0.382. The Bertz CT molecular complexity index is 506.